The standard InChI is InChI=1S/C30H18BrCl3F3N3O3/c1-42-24-12-18(25(31)26(34)27(24)43-15-17-9-10-20(32)13-22(17)33)14-38-40-28(16-5-4-6-19(11-16)30(35,36)37)39-23-8-3-2-7-21(23)29(40)41/h2-14H,15H2,1H3. The molecule has 0 spiro atoms. The molecule has 0 unspecified atom stereocenters. The van der Waals surface area contributed by atoms with Crippen molar-refractivity contribution in [1.82, 2.24) is 9.66 Å². The van der Waals surface area contributed by atoms with Crippen LogP contribution in [0.1, 0.15) is 16.7 Å². The van der Waals surface area contributed by atoms with E-state index in [1.807, 2.05) is 0 Å². The largest absolute Gasteiger partial charge is 0.493 e. The molecular formula is C30H18BrCl3F3N3O3. The number of halogens is 7. The van der Waals surface area contributed by atoms with Crippen molar-refractivity contribution >= 4 is 67.9 Å². The zero-order chi connectivity index (χ0) is 30.9. The Balaban J connectivity index is 1.58. The first-order valence-corrected chi connectivity index (χ1v) is 14.3. The fraction of sp³-hybridized carbons (Fsp3) is 0.100. The molecule has 4 aromatic carbocycles. The minimum Gasteiger partial charge on any atom is -0.493 e. The van der Waals surface area contributed by atoms with E-state index < -0.39 is 17.3 Å². The Morgan fingerprint density at radius 2 is 1.79 bits per heavy atom. The fourth-order valence-electron chi connectivity index (χ4n) is 4.15. The van der Waals surface area contributed by atoms with Gasteiger partial charge in [0.2, 0.25) is 0 Å². The van der Waals surface area contributed by atoms with Crippen LogP contribution in [0.3, 0.4) is 0 Å². The molecule has 0 aliphatic carbocycles. The molecule has 0 fully saturated rings. The number of hydrogen-bond acceptors (Lipinski definition) is 5. The molecule has 0 N–H and O–H groups in total. The van der Waals surface area contributed by atoms with E-state index in [2.05, 4.69) is 26.0 Å². The highest BCUT2D eigenvalue weighted by atomic mass is 79.9. The van der Waals surface area contributed by atoms with Gasteiger partial charge < -0.3 is 9.47 Å². The van der Waals surface area contributed by atoms with Gasteiger partial charge in [-0.15, -0.1) is 0 Å². The van der Waals surface area contributed by atoms with Crippen molar-refractivity contribution in [2.24, 2.45) is 5.10 Å². The lowest BCUT2D eigenvalue weighted by atomic mass is 10.1. The van der Waals surface area contributed by atoms with Crippen molar-refractivity contribution in [2.45, 2.75) is 12.8 Å². The van der Waals surface area contributed by atoms with Gasteiger partial charge in [-0.3, -0.25) is 4.79 Å². The molecule has 0 aliphatic rings. The first-order valence-electron chi connectivity index (χ1n) is 12.3. The molecule has 13 heteroatoms. The van der Waals surface area contributed by atoms with Gasteiger partial charge >= 0.3 is 6.18 Å². The first kappa shape index (κ1) is 30.9. The number of benzene rings is 4. The van der Waals surface area contributed by atoms with Gasteiger partial charge in [0, 0.05) is 31.2 Å². The molecule has 6 nitrogen and oxygen atoms in total. The highest BCUT2D eigenvalue weighted by molar-refractivity contribution is 9.10. The lowest BCUT2D eigenvalue weighted by Gasteiger charge is -2.16. The Kier molecular flexibility index (Phi) is 9.03. The topological polar surface area (TPSA) is 65.7 Å². The highest BCUT2D eigenvalue weighted by Gasteiger charge is 2.31. The van der Waals surface area contributed by atoms with E-state index in [-0.39, 0.29) is 39.9 Å². The highest BCUT2D eigenvalue weighted by Crippen LogP contribution is 2.43. The van der Waals surface area contributed by atoms with E-state index in [0.717, 1.165) is 16.8 Å². The van der Waals surface area contributed by atoms with E-state index in [1.165, 1.54) is 25.5 Å². The summed E-state index contributed by atoms with van der Waals surface area (Å²) in [6.07, 6.45) is -3.28. The maximum absolute atomic E-state index is 13.5. The van der Waals surface area contributed by atoms with Crippen LogP contribution in [0.25, 0.3) is 22.3 Å². The van der Waals surface area contributed by atoms with E-state index in [4.69, 9.17) is 44.3 Å². The normalized spacial score (nSPS) is 11.8. The number of aromatic nitrogens is 2. The van der Waals surface area contributed by atoms with E-state index >= 15 is 0 Å². The summed E-state index contributed by atoms with van der Waals surface area (Å²) in [5.41, 5.74) is -0.0698. The van der Waals surface area contributed by atoms with Crippen LogP contribution in [0.2, 0.25) is 15.1 Å². The molecule has 1 heterocycles. The summed E-state index contributed by atoms with van der Waals surface area (Å²) in [5.74, 6) is 0.384. The molecule has 0 saturated heterocycles. The third-order valence-electron chi connectivity index (χ3n) is 6.28. The van der Waals surface area contributed by atoms with Gasteiger partial charge in [-0.2, -0.15) is 22.9 Å². The number of hydrogen-bond donors (Lipinski definition) is 0. The Hall–Kier alpha value is -3.57. The minimum atomic E-state index is -4.60. The molecule has 0 atom stereocenters. The molecular weight excluding hydrogens is 694 g/mol. The van der Waals surface area contributed by atoms with Crippen LogP contribution in [0, 0.1) is 0 Å². The van der Waals surface area contributed by atoms with Crippen LogP contribution >= 0.6 is 50.7 Å². The van der Waals surface area contributed by atoms with Crippen LogP contribution < -0.4 is 15.0 Å². The molecule has 0 bridgehead atoms. The van der Waals surface area contributed by atoms with Crippen molar-refractivity contribution in [2.75, 3.05) is 7.11 Å². The van der Waals surface area contributed by atoms with Crippen molar-refractivity contribution in [3.05, 3.63) is 119 Å². The number of alkyl halides is 3. The van der Waals surface area contributed by atoms with Gasteiger partial charge in [0.05, 0.1) is 29.8 Å². The monoisotopic (exact) mass is 709 g/mol. The summed E-state index contributed by atoms with van der Waals surface area (Å²) >= 11 is 22.3. The van der Waals surface area contributed by atoms with E-state index in [1.54, 1.807) is 48.5 Å². The van der Waals surface area contributed by atoms with Gasteiger partial charge in [-0.25, -0.2) is 4.98 Å². The second-order valence-electron chi connectivity index (χ2n) is 9.04. The van der Waals surface area contributed by atoms with Gasteiger partial charge in [0.25, 0.3) is 5.56 Å². The molecule has 1 aromatic heterocycles. The van der Waals surface area contributed by atoms with Crippen molar-refractivity contribution in [3.63, 3.8) is 0 Å². The zero-order valence-corrected chi connectivity index (χ0v) is 25.8. The van der Waals surface area contributed by atoms with Crippen LogP contribution in [-0.2, 0) is 12.8 Å². The lowest BCUT2D eigenvalue weighted by molar-refractivity contribution is -0.137. The second kappa shape index (κ2) is 12.6. The quantitative estimate of drug-likeness (QED) is 0.158. The molecule has 43 heavy (non-hydrogen) atoms. The Bertz CT molecular complexity index is 1950. The summed E-state index contributed by atoms with van der Waals surface area (Å²) in [6, 6.07) is 17.6. The average Bonchev–Trinajstić information content (AvgIpc) is 2.98. The number of rotatable bonds is 7. The summed E-state index contributed by atoms with van der Waals surface area (Å²) in [4.78, 5) is 18.0. The first-order chi connectivity index (χ1) is 20.5. The Labute approximate surface area is 266 Å². The van der Waals surface area contributed by atoms with Crippen LogP contribution in [0.4, 0.5) is 13.2 Å². The molecule has 5 aromatic rings. The maximum atomic E-state index is 13.5. The van der Waals surface area contributed by atoms with Crippen LogP contribution in [0.15, 0.2) is 87.2 Å². The third kappa shape index (κ3) is 6.52. The van der Waals surface area contributed by atoms with Gasteiger partial charge in [0.15, 0.2) is 17.3 Å². The molecule has 220 valence electrons. The summed E-state index contributed by atoms with van der Waals surface area (Å²) in [5, 5.41) is 5.61. The predicted molar refractivity (Wildman–Crippen MR) is 166 cm³/mol. The molecule has 0 aliphatic heterocycles. The van der Waals surface area contributed by atoms with Crippen molar-refractivity contribution in [1.29, 1.82) is 0 Å². The number of fused-ring (bicyclic) bond motifs is 1. The van der Waals surface area contributed by atoms with E-state index in [0.29, 0.717) is 31.2 Å². The summed E-state index contributed by atoms with van der Waals surface area (Å²) in [6.45, 7) is 0.0600. The predicted octanol–water partition coefficient (Wildman–Crippen LogP) is 9.27. The number of nitrogens with zero attached hydrogens (tertiary/aromatic N) is 3. The smallest absolute Gasteiger partial charge is 0.416 e. The van der Waals surface area contributed by atoms with E-state index in [9.17, 15) is 18.0 Å². The maximum Gasteiger partial charge on any atom is 0.416 e. The average molecular weight is 712 g/mol. The molecule has 5 rings (SSSR count). The molecule has 0 radical (unpaired) electrons. The van der Waals surface area contributed by atoms with Crippen molar-refractivity contribution < 1.29 is 22.6 Å². The number of ether oxygens (including phenoxy) is 2. The number of methoxy groups -OCH3 is 1. The van der Waals surface area contributed by atoms with Crippen LogP contribution in [-0.4, -0.2) is 23.0 Å². The zero-order valence-electron chi connectivity index (χ0n) is 21.9. The van der Waals surface area contributed by atoms with Gasteiger partial charge in [0.1, 0.15) is 11.6 Å². The molecule has 0 saturated carbocycles. The third-order valence-corrected chi connectivity index (χ3v) is 8.31. The Morgan fingerprint density at radius 3 is 2.51 bits per heavy atom. The van der Waals surface area contributed by atoms with Crippen LogP contribution in [0.5, 0.6) is 11.5 Å². The second-order valence-corrected chi connectivity index (χ2v) is 11.1. The fourth-order valence-corrected chi connectivity index (χ4v) is 5.26. The SMILES string of the molecule is COc1cc(C=Nn2c(-c3cccc(C(F)(F)F)c3)nc3ccccc3c2=O)c(Br)c(Cl)c1OCc1ccc(Cl)cc1Cl. The lowest BCUT2D eigenvalue weighted by Crippen LogP contribution is -2.20. The summed E-state index contributed by atoms with van der Waals surface area (Å²) < 4.78 is 53.2. The number of para-hydroxylation sites is 1. The summed E-state index contributed by atoms with van der Waals surface area (Å²) in [7, 11) is 1.42. The van der Waals surface area contributed by atoms with Crippen molar-refractivity contribution in [3.8, 4) is 22.9 Å². The van der Waals surface area contributed by atoms with Gasteiger partial charge in [-0.05, 0) is 58.4 Å². The Morgan fingerprint density at radius 1 is 1.02 bits per heavy atom. The molecule has 0 amide bonds. The van der Waals surface area contributed by atoms with Gasteiger partial charge in [-0.1, -0.05) is 65.1 Å². The minimum absolute atomic E-state index is 0.0501.